The summed E-state index contributed by atoms with van der Waals surface area (Å²) in [5.74, 6) is -2.16. The Labute approximate surface area is 240 Å². The summed E-state index contributed by atoms with van der Waals surface area (Å²) in [4.78, 5) is 58.5. The highest BCUT2D eigenvalue weighted by molar-refractivity contribution is 6.52. The summed E-state index contributed by atoms with van der Waals surface area (Å²) < 4.78 is 0. The van der Waals surface area contributed by atoms with Crippen LogP contribution in [0.4, 0.5) is 17.1 Å². The van der Waals surface area contributed by atoms with Gasteiger partial charge in [-0.25, -0.2) is 0 Å². The lowest BCUT2D eigenvalue weighted by Gasteiger charge is -2.37. The number of anilines is 3. The Morgan fingerprint density at radius 1 is 0.927 bits per heavy atom. The number of fused-ring (bicyclic) bond motifs is 1. The lowest BCUT2D eigenvalue weighted by Crippen LogP contribution is -2.54. The summed E-state index contributed by atoms with van der Waals surface area (Å²) in [5.41, 5.74) is 3.21. The zero-order valence-electron chi connectivity index (χ0n) is 23.3. The van der Waals surface area contributed by atoms with Gasteiger partial charge >= 0.3 is 0 Å². The van der Waals surface area contributed by atoms with Crippen LogP contribution in [0.15, 0.2) is 91.0 Å². The molecule has 1 heterocycles. The van der Waals surface area contributed by atoms with Gasteiger partial charge in [-0.1, -0.05) is 54.6 Å². The third-order valence-electron chi connectivity index (χ3n) is 7.70. The first-order valence-corrected chi connectivity index (χ1v) is 13.9. The molecular formula is C33H34N4O4. The summed E-state index contributed by atoms with van der Waals surface area (Å²) in [6.07, 6.45) is 6.37. The van der Waals surface area contributed by atoms with Crippen LogP contribution in [-0.2, 0) is 20.9 Å². The second-order valence-electron chi connectivity index (χ2n) is 10.7. The highest BCUT2D eigenvalue weighted by Crippen LogP contribution is 2.31. The summed E-state index contributed by atoms with van der Waals surface area (Å²) in [7, 11) is 3.90. The molecule has 3 aromatic carbocycles. The van der Waals surface area contributed by atoms with Crippen molar-refractivity contribution in [2.75, 3.05) is 35.8 Å². The van der Waals surface area contributed by atoms with E-state index in [1.54, 1.807) is 29.2 Å². The number of Topliss-reactive ketones (excluding diaryl/α,β-unsaturated/α-hetero) is 1. The second kappa shape index (κ2) is 12.2. The molecule has 2 aliphatic rings. The highest BCUT2D eigenvalue weighted by Gasteiger charge is 2.41. The Morgan fingerprint density at radius 2 is 1.63 bits per heavy atom. The van der Waals surface area contributed by atoms with E-state index in [0.717, 1.165) is 24.1 Å². The molecule has 0 saturated carbocycles. The molecule has 0 aromatic heterocycles. The lowest BCUT2D eigenvalue weighted by atomic mass is 9.85. The van der Waals surface area contributed by atoms with Crippen molar-refractivity contribution in [1.29, 1.82) is 0 Å². The molecule has 0 saturated heterocycles. The van der Waals surface area contributed by atoms with Crippen LogP contribution in [0.25, 0.3) is 0 Å². The number of hydrogen-bond acceptors (Lipinski definition) is 5. The molecule has 3 amide bonds. The van der Waals surface area contributed by atoms with Gasteiger partial charge in [-0.05, 0) is 67.1 Å². The number of amides is 3. The fourth-order valence-corrected chi connectivity index (χ4v) is 5.53. The number of hydrogen-bond donors (Lipinski definition) is 1. The van der Waals surface area contributed by atoms with Crippen LogP contribution < -0.4 is 15.1 Å². The first-order chi connectivity index (χ1) is 19.8. The maximum atomic E-state index is 14.1. The molecule has 0 radical (unpaired) electrons. The molecule has 1 N–H and O–H groups in total. The van der Waals surface area contributed by atoms with E-state index in [9.17, 15) is 19.2 Å². The molecule has 5 rings (SSSR count). The van der Waals surface area contributed by atoms with E-state index in [1.165, 1.54) is 4.90 Å². The van der Waals surface area contributed by atoms with Crippen molar-refractivity contribution >= 4 is 40.6 Å². The molecule has 41 heavy (non-hydrogen) atoms. The minimum Gasteiger partial charge on any atom is -0.378 e. The molecule has 2 atom stereocenters. The van der Waals surface area contributed by atoms with E-state index < -0.39 is 23.6 Å². The Morgan fingerprint density at radius 3 is 2.32 bits per heavy atom. The molecule has 1 aliphatic heterocycles. The van der Waals surface area contributed by atoms with Gasteiger partial charge in [0.15, 0.2) is 0 Å². The largest absolute Gasteiger partial charge is 0.378 e. The fourth-order valence-electron chi connectivity index (χ4n) is 5.53. The predicted octanol–water partition coefficient (Wildman–Crippen LogP) is 4.67. The van der Waals surface area contributed by atoms with Crippen molar-refractivity contribution < 1.29 is 19.2 Å². The van der Waals surface area contributed by atoms with Crippen molar-refractivity contribution in [3.63, 3.8) is 0 Å². The van der Waals surface area contributed by atoms with Gasteiger partial charge in [0.25, 0.3) is 11.7 Å². The summed E-state index contributed by atoms with van der Waals surface area (Å²) in [6, 6.07) is 22.9. The second-order valence-corrected chi connectivity index (χ2v) is 10.7. The smallest absolute Gasteiger partial charge is 0.299 e. The molecular weight excluding hydrogens is 516 g/mol. The van der Waals surface area contributed by atoms with Crippen LogP contribution in [0.1, 0.15) is 35.2 Å². The number of ketones is 1. The molecule has 3 aromatic rings. The van der Waals surface area contributed by atoms with Gasteiger partial charge in [-0.2, -0.15) is 0 Å². The molecule has 210 valence electrons. The average molecular weight is 551 g/mol. The fraction of sp³-hybridized carbons (Fsp3) is 0.273. The summed E-state index contributed by atoms with van der Waals surface area (Å²) in [5, 5.41) is 3.04. The lowest BCUT2D eigenvalue weighted by molar-refractivity contribution is -0.140. The van der Waals surface area contributed by atoms with Crippen molar-refractivity contribution in [2.24, 2.45) is 5.92 Å². The monoisotopic (exact) mass is 550 g/mol. The minimum absolute atomic E-state index is 0.114. The van der Waals surface area contributed by atoms with E-state index in [-0.39, 0.29) is 30.5 Å². The van der Waals surface area contributed by atoms with Crippen molar-refractivity contribution in [2.45, 2.75) is 31.8 Å². The Balaban J connectivity index is 1.48. The maximum Gasteiger partial charge on any atom is 0.299 e. The van der Waals surface area contributed by atoms with Crippen molar-refractivity contribution in [3.05, 3.63) is 102 Å². The van der Waals surface area contributed by atoms with E-state index >= 15 is 0 Å². The first-order valence-electron chi connectivity index (χ1n) is 13.9. The number of benzene rings is 3. The predicted molar refractivity (Wildman–Crippen MR) is 160 cm³/mol. The normalized spacial score (nSPS) is 16.7. The molecule has 1 aliphatic carbocycles. The quantitative estimate of drug-likeness (QED) is 0.309. The molecule has 8 nitrogen and oxygen atoms in total. The van der Waals surface area contributed by atoms with Gasteiger partial charge in [0, 0.05) is 32.0 Å². The summed E-state index contributed by atoms with van der Waals surface area (Å²) in [6.45, 7) is -0.145. The maximum absolute atomic E-state index is 14.1. The van der Waals surface area contributed by atoms with Crippen LogP contribution in [0.2, 0.25) is 0 Å². The number of carbonyl (C=O) groups is 4. The van der Waals surface area contributed by atoms with E-state index in [4.69, 9.17) is 0 Å². The zero-order chi connectivity index (χ0) is 28.9. The number of rotatable bonds is 9. The topological polar surface area (TPSA) is 90.0 Å². The van der Waals surface area contributed by atoms with Crippen LogP contribution >= 0.6 is 0 Å². The highest BCUT2D eigenvalue weighted by atomic mass is 16.2. The molecule has 0 unspecified atom stereocenters. The van der Waals surface area contributed by atoms with Crippen LogP contribution in [-0.4, -0.2) is 55.1 Å². The van der Waals surface area contributed by atoms with Crippen molar-refractivity contribution in [1.82, 2.24) is 4.90 Å². The number of allylic oxidation sites excluding steroid dienone is 2. The first kappa shape index (κ1) is 27.8. The molecule has 8 heteroatoms. The van der Waals surface area contributed by atoms with E-state index in [0.29, 0.717) is 17.8 Å². The SMILES string of the molecule is CN(C)c1ccc(NC(=O)[C@H]([C@H]2CC=CCC2)N(Cc2ccccc2)C(=O)CN2C(=O)C(=O)c3ccccc32)cc1. The number of para-hydroxylation sites is 1. The third kappa shape index (κ3) is 6.06. The van der Waals surface area contributed by atoms with Gasteiger partial charge in [-0.15, -0.1) is 0 Å². The van der Waals surface area contributed by atoms with Crippen LogP contribution in [0.5, 0.6) is 0 Å². The minimum atomic E-state index is -0.787. The van der Waals surface area contributed by atoms with Gasteiger partial charge < -0.3 is 15.1 Å². The van der Waals surface area contributed by atoms with E-state index in [1.807, 2.05) is 73.6 Å². The average Bonchev–Trinajstić information content (AvgIpc) is 3.23. The van der Waals surface area contributed by atoms with E-state index in [2.05, 4.69) is 17.5 Å². The van der Waals surface area contributed by atoms with Gasteiger partial charge in [-0.3, -0.25) is 24.1 Å². The number of nitrogens with zero attached hydrogens (tertiary/aromatic N) is 3. The van der Waals surface area contributed by atoms with Crippen LogP contribution in [0.3, 0.4) is 0 Å². The third-order valence-corrected chi connectivity index (χ3v) is 7.70. The van der Waals surface area contributed by atoms with Gasteiger partial charge in [0.05, 0.1) is 11.3 Å². The molecule has 0 spiro atoms. The zero-order valence-corrected chi connectivity index (χ0v) is 23.3. The Bertz CT molecular complexity index is 1470. The standard InChI is InChI=1S/C33H34N4O4/c1-35(2)26-19-17-25(18-20-26)34-32(40)30(24-13-7-4-8-14-24)37(21-23-11-5-3-6-12-23)29(38)22-36-28-16-10-9-15-27(28)31(39)33(36)41/h3-7,9-12,15-20,24,30H,8,13-14,21-22H2,1-2H3,(H,34,40)/t24-,30-/m0/s1. The Kier molecular flexibility index (Phi) is 8.29. The summed E-state index contributed by atoms with van der Waals surface area (Å²) >= 11 is 0. The van der Waals surface area contributed by atoms with Gasteiger partial charge in [0.2, 0.25) is 11.8 Å². The van der Waals surface area contributed by atoms with Crippen LogP contribution in [0, 0.1) is 5.92 Å². The Hall–Kier alpha value is -4.72. The molecule has 0 fully saturated rings. The number of nitrogens with one attached hydrogen (secondary N) is 1. The van der Waals surface area contributed by atoms with Gasteiger partial charge in [0.1, 0.15) is 12.6 Å². The number of carbonyl (C=O) groups excluding carboxylic acids is 4. The van der Waals surface area contributed by atoms with Crippen molar-refractivity contribution in [3.8, 4) is 0 Å². The molecule has 0 bridgehead atoms.